The predicted octanol–water partition coefficient (Wildman–Crippen LogP) is 1.38. The van der Waals surface area contributed by atoms with Crippen molar-refractivity contribution in [3.8, 4) is 0 Å². The quantitative estimate of drug-likeness (QED) is 0.485. The molecule has 7 heteroatoms. The van der Waals surface area contributed by atoms with E-state index in [0.29, 0.717) is 19.5 Å². The van der Waals surface area contributed by atoms with E-state index in [4.69, 9.17) is 11.5 Å². The van der Waals surface area contributed by atoms with Crippen molar-refractivity contribution in [2.75, 3.05) is 18.8 Å². The van der Waals surface area contributed by atoms with Gasteiger partial charge in [-0.15, -0.1) is 0 Å². The summed E-state index contributed by atoms with van der Waals surface area (Å²) in [5.41, 5.74) is 11.5. The number of anilines is 1. The van der Waals surface area contributed by atoms with E-state index in [1.807, 2.05) is 13.8 Å². The molecule has 1 aliphatic rings. The highest BCUT2D eigenvalue weighted by molar-refractivity contribution is 6.01. The third kappa shape index (κ3) is 2.82. The summed E-state index contributed by atoms with van der Waals surface area (Å²) in [6.07, 6.45) is 0.702. The SMILES string of the molecule is CC1(C)CN(C(=O)c2cccc([N+](=O)[O-])c2N)CCC1N. The fourth-order valence-corrected chi connectivity index (χ4v) is 2.62. The maximum absolute atomic E-state index is 12.6. The number of hydrogen-bond donors (Lipinski definition) is 2. The summed E-state index contributed by atoms with van der Waals surface area (Å²) in [7, 11) is 0. The number of nitro benzene ring substituents is 1. The van der Waals surface area contributed by atoms with Gasteiger partial charge in [-0.1, -0.05) is 19.9 Å². The zero-order valence-electron chi connectivity index (χ0n) is 12.2. The first-order valence-corrected chi connectivity index (χ1v) is 6.82. The standard InChI is InChI=1S/C14H20N4O3/c1-14(2)8-17(7-6-11(14)15)13(19)9-4-3-5-10(12(9)16)18(20)21/h3-5,11H,6-8,15-16H2,1-2H3. The van der Waals surface area contributed by atoms with E-state index in [-0.39, 0.29) is 34.3 Å². The van der Waals surface area contributed by atoms with Crippen LogP contribution in [0.2, 0.25) is 0 Å². The summed E-state index contributed by atoms with van der Waals surface area (Å²) >= 11 is 0. The van der Waals surface area contributed by atoms with E-state index in [2.05, 4.69) is 0 Å². The molecule has 0 spiro atoms. The first-order chi connectivity index (χ1) is 9.74. The number of carbonyl (C=O) groups excluding carboxylic acids is 1. The number of piperidine rings is 1. The Morgan fingerprint density at radius 3 is 2.71 bits per heavy atom. The van der Waals surface area contributed by atoms with Gasteiger partial charge in [0.1, 0.15) is 5.69 Å². The molecule has 0 bridgehead atoms. The van der Waals surface area contributed by atoms with Gasteiger partial charge >= 0.3 is 0 Å². The first kappa shape index (κ1) is 15.2. The topological polar surface area (TPSA) is 115 Å². The van der Waals surface area contributed by atoms with Crippen molar-refractivity contribution in [2.45, 2.75) is 26.3 Å². The van der Waals surface area contributed by atoms with Crippen LogP contribution in [0.4, 0.5) is 11.4 Å². The number of amides is 1. The van der Waals surface area contributed by atoms with Gasteiger partial charge < -0.3 is 16.4 Å². The molecule has 1 aromatic carbocycles. The molecule has 0 radical (unpaired) electrons. The Kier molecular flexibility index (Phi) is 3.87. The summed E-state index contributed by atoms with van der Waals surface area (Å²) in [5, 5.41) is 10.9. The minimum absolute atomic E-state index is 0.0315. The molecule has 2 rings (SSSR count). The summed E-state index contributed by atoms with van der Waals surface area (Å²) in [5.74, 6) is -0.281. The monoisotopic (exact) mass is 292 g/mol. The molecule has 4 N–H and O–H groups in total. The van der Waals surface area contributed by atoms with E-state index in [1.54, 1.807) is 4.90 Å². The van der Waals surface area contributed by atoms with Crippen molar-refractivity contribution in [1.82, 2.24) is 4.90 Å². The number of rotatable bonds is 2. The number of benzene rings is 1. The van der Waals surface area contributed by atoms with Crippen LogP contribution in [0.3, 0.4) is 0 Å². The van der Waals surface area contributed by atoms with E-state index >= 15 is 0 Å². The molecule has 0 aromatic heterocycles. The molecule has 1 aromatic rings. The summed E-state index contributed by atoms with van der Waals surface area (Å²) in [6.45, 7) is 5.06. The van der Waals surface area contributed by atoms with Crippen molar-refractivity contribution in [3.05, 3.63) is 33.9 Å². The van der Waals surface area contributed by atoms with Crippen LogP contribution in [0.15, 0.2) is 18.2 Å². The Bertz CT molecular complexity index is 586. The van der Waals surface area contributed by atoms with Crippen LogP contribution in [0.1, 0.15) is 30.6 Å². The van der Waals surface area contributed by atoms with Crippen LogP contribution in [-0.2, 0) is 0 Å². The van der Waals surface area contributed by atoms with E-state index in [1.165, 1.54) is 18.2 Å². The van der Waals surface area contributed by atoms with Crippen LogP contribution in [0, 0.1) is 15.5 Å². The number of nitrogen functional groups attached to an aromatic ring is 1. The van der Waals surface area contributed by atoms with Crippen molar-refractivity contribution >= 4 is 17.3 Å². The molecule has 1 saturated heterocycles. The summed E-state index contributed by atoms with van der Waals surface area (Å²) < 4.78 is 0. The van der Waals surface area contributed by atoms with Crippen molar-refractivity contribution in [1.29, 1.82) is 0 Å². The smallest absolute Gasteiger partial charge is 0.292 e. The highest BCUT2D eigenvalue weighted by atomic mass is 16.6. The van der Waals surface area contributed by atoms with Gasteiger partial charge in [0.05, 0.1) is 10.5 Å². The molecular weight excluding hydrogens is 272 g/mol. The van der Waals surface area contributed by atoms with Crippen LogP contribution >= 0.6 is 0 Å². The first-order valence-electron chi connectivity index (χ1n) is 6.82. The summed E-state index contributed by atoms with van der Waals surface area (Å²) in [4.78, 5) is 24.6. The molecule has 1 unspecified atom stereocenters. The van der Waals surface area contributed by atoms with Gasteiger partial charge in [0, 0.05) is 25.2 Å². The van der Waals surface area contributed by atoms with Gasteiger partial charge in [-0.25, -0.2) is 0 Å². The Labute approximate surface area is 123 Å². The third-order valence-electron chi connectivity index (χ3n) is 4.11. The van der Waals surface area contributed by atoms with E-state index < -0.39 is 4.92 Å². The zero-order valence-corrected chi connectivity index (χ0v) is 12.2. The van der Waals surface area contributed by atoms with Crippen molar-refractivity contribution in [2.24, 2.45) is 11.1 Å². The van der Waals surface area contributed by atoms with Crippen molar-refractivity contribution in [3.63, 3.8) is 0 Å². The molecule has 114 valence electrons. The molecule has 21 heavy (non-hydrogen) atoms. The van der Waals surface area contributed by atoms with Crippen molar-refractivity contribution < 1.29 is 9.72 Å². The van der Waals surface area contributed by atoms with Crippen LogP contribution in [0.5, 0.6) is 0 Å². The van der Waals surface area contributed by atoms with Gasteiger partial charge in [0.25, 0.3) is 11.6 Å². The van der Waals surface area contributed by atoms with Gasteiger partial charge in [-0.2, -0.15) is 0 Å². The predicted molar refractivity (Wildman–Crippen MR) is 79.8 cm³/mol. The average molecular weight is 292 g/mol. The normalized spacial score (nSPS) is 21.1. The average Bonchev–Trinajstić information content (AvgIpc) is 2.41. The molecule has 0 saturated carbocycles. The second-order valence-corrected chi connectivity index (χ2v) is 6.11. The Balaban J connectivity index is 2.29. The van der Waals surface area contributed by atoms with Crippen LogP contribution in [-0.4, -0.2) is 34.9 Å². The van der Waals surface area contributed by atoms with Crippen LogP contribution < -0.4 is 11.5 Å². The number of hydrogen-bond acceptors (Lipinski definition) is 5. The fraction of sp³-hybridized carbons (Fsp3) is 0.500. The van der Waals surface area contributed by atoms with Gasteiger partial charge in [-0.3, -0.25) is 14.9 Å². The lowest BCUT2D eigenvalue weighted by atomic mass is 9.79. The molecular formula is C14H20N4O3. The zero-order chi connectivity index (χ0) is 15.8. The second-order valence-electron chi connectivity index (χ2n) is 6.11. The van der Waals surface area contributed by atoms with Gasteiger partial charge in [0.15, 0.2) is 0 Å². The lowest BCUT2D eigenvalue weighted by Gasteiger charge is -2.42. The molecule has 1 atom stereocenters. The number of nitro groups is 1. The van der Waals surface area contributed by atoms with E-state index in [9.17, 15) is 14.9 Å². The molecule has 1 amide bonds. The Morgan fingerprint density at radius 1 is 1.48 bits per heavy atom. The number of para-hydroxylation sites is 1. The largest absolute Gasteiger partial charge is 0.393 e. The lowest BCUT2D eigenvalue weighted by molar-refractivity contribution is -0.383. The molecule has 1 fully saturated rings. The lowest BCUT2D eigenvalue weighted by Crippen LogP contribution is -2.54. The molecule has 0 aliphatic carbocycles. The Hall–Kier alpha value is -2.15. The van der Waals surface area contributed by atoms with Gasteiger partial charge in [-0.05, 0) is 17.9 Å². The maximum atomic E-state index is 12.6. The number of nitrogens with two attached hydrogens (primary N) is 2. The number of likely N-dealkylation sites (tertiary alicyclic amines) is 1. The third-order valence-corrected chi connectivity index (χ3v) is 4.11. The molecule has 1 aliphatic heterocycles. The number of nitrogens with zero attached hydrogens (tertiary/aromatic N) is 2. The highest BCUT2D eigenvalue weighted by Crippen LogP contribution is 2.31. The maximum Gasteiger partial charge on any atom is 0.292 e. The fourth-order valence-electron chi connectivity index (χ4n) is 2.62. The van der Waals surface area contributed by atoms with Gasteiger partial charge in [0.2, 0.25) is 0 Å². The number of carbonyl (C=O) groups is 1. The highest BCUT2D eigenvalue weighted by Gasteiger charge is 2.36. The molecule has 7 nitrogen and oxygen atoms in total. The minimum Gasteiger partial charge on any atom is -0.393 e. The second kappa shape index (κ2) is 5.33. The van der Waals surface area contributed by atoms with Crippen LogP contribution in [0.25, 0.3) is 0 Å². The molecule has 1 heterocycles. The van der Waals surface area contributed by atoms with E-state index in [0.717, 1.165) is 0 Å². The summed E-state index contributed by atoms with van der Waals surface area (Å²) in [6, 6.07) is 4.32. The Morgan fingerprint density at radius 2 is 2.14 bits per heavy atom. The minimum atomic E-state index is -0.581.